The molecule has 0 unspecified atom stereocenters. The average Bonchev–Trinajstić information content (AvgIpc) is 2.53. The molecule has 1 aromatic carbocycles. The van der Waals surface area contributed by atoms with Gasteiger partial charge in [-0.2, -0.15) is 0 Å². The number of hydrogen-bond donors (Lipinski definition) is 0. The Morgan fingerprint density at radius 3 is 2.04 bits per heavy atom. The SMILES string of the molecule is CCOP(=O)(OCC)C(=NC=C(CC)CC)c1ccc(Br)cc1. The maximum atomic E-state index is 13.2. The van der Waals surface area contributed by atoms with Crippen LogP contribution in [0.4, 0.5) is 0 Å². The summed E-state index contributed by atoms with van der Waals surface area (Å²) in [6, 6.07) is 7.49. The highest BCUT2D eigenvalue weighted by Gasteiger charge is 2.32. The molecule has 1 aromatic rings. The molecule has 23 heavy (non-hydrogen) atoms. The Labute approximate surface area is 147 Å². The van der Waals surface area contributed by atoms with E-state index < -0.39 is 7.60 Å². The van der Waals surface area contributed by atoms with Gasteiger partial charge in [-0.3, -0.25) is 4.57 Å². The van der Waals surface area contributed by atoms with Crippen LogP contribution in [0.3, 0.4) is 0 Å². The molecule has 4 nitrogen and oxygen atoms in total. The molecule has 0 aliphatic carbocycles. The number of rotatable bonds is 9. The van der Waals surface area contributed by atoms with Crippen molar-refractivity contribution in [3.63, 3.8) is 0 Å². The standard InChI is InChI=1S/C17H25BrNO3P/c1-5-14(6-2)13-19-17(15-9-11-16(18)12-10-15)23(20,21-7-3)22-8-4/h9-13H,5-8H2,1-4H3. The topological polar surface area (TPSA) is 47.9 Å². The molecule has 0 aliphatic heterocycles. The Balaban J connectivity index is 3.40. The molecule has 0 bridgehead atoms. The molecule has 128 valence electrons. The number of nitrogens with zero attached hydrogens (tertiary/aromatic N) is 1. The third-order valence-corrected chi connectivity index (χ3v) is 5.85. The summed E-state index contributed by atoms with van der Waals surface area (Å²) >= 11 is 3.41. The Hall–Kier alpha value is -0.740. The average molecular weight is 402 g/mol. The minimum atomic E-state index is -3.45. The van der Waals surface area contributed by atoms with Gasteiger partial charge in [0.2, 0.25) is 0 Å². The van der Waals surface area contributed by atoms with Crippen LogP contribution in [-0.4, -0.2) is 18.7 Å². The molecular weight excluding hydrogens is 377 g/mol. The first-order valence-electron chi connectivity index (χ1n) is 7.92. The first-order valence-corrected chi connectivity index (χ1v) is 10.3. The Morgan fingerprint density at radius 2 is 1.61 bits per heavy atom. The molecule has 0 radical (unpaired) electrons. The van der Waals surface area contributed by atoms with Crippen LogP contribution in [0.1, 0.15) is 46.1 Å². The summed E-state index contributed by atoms with van der Waals surface area (Å²) in [7, 11) is -3.45. The van der Waals surface area contributed by atoms with Gasteiger partial charge in [0, 0.05) is 16.2 Å². The van der Waals surface area contributed by atoms with Gasteiger partial charge in [0.1, 0.15) is 0 Å². The Kier molecular flexibility index (Phi) is 9.00. The van der Waals surface area contributed by atoms with E-state index in [2.05, 4.69) is 34.8 Å². The Morgan fingerprint density at radius 1 is 1.09 bits per heavy atom. The molecule has 0 saturated carbocycles. The van der Waals surface area contributed by atoms with Crippen LogP contribution in [0.15, 0.2) is 45.5 Å². The quantitative estimate of drug-likeness (QED) is 0.367. The highest BCUT2D eigenvalue weighted by atomic mass is 79.9. The van der Waals surface area contributed by atoms with Crippen LogP contribution in [0, 0.1) is 0 Å². The van der Waals surface area contributed by atoms with Crippen LogP contribution in [0.5, 0.6) is 0 Å². The molecule has 0 heterocycles. The van der Waals surface area contributed by atoms with Crippen molar-refractivity contribution >= 4 is 29.0 Å². The van der Waals surface area contributed by atoms with Crippen LogP contribution in [0.25, 0.3) is 0 Å². The molecule has 0 fully saturated rings. The lowest BCUT2D eigenvalue weighted by molar-refractivity contribution is 0.232. The van der Waals surface area contributed by atoms with Crippen molar-refractivity contribution in [3.8, 4) is 0 Å². The molecule has 0 spiro atoms. The van der Waals surface area contributed by atoms with Crippen molar-refractivity contribution < 1.29 is 13.6 Å². The van der Waals surface area contributed by atoms with Gasteiger partial charge >= 0.3 is 7.60 Å². The van der Waals surface area contributed by atoms with Crippen molar-refractivity contribution in [1.29, 1.82) is 0 Å². The first kappa shape index (κ1) is 20.3. The number of benzene rings is 1. The fourth-order valence-electron chi connectivity index (χ4n) is 1.99. The summed E-state index contributed by atoms with van der Waals surface area (Å²) in [5, 5.41) is 0. The van der Waals surface area contributed by atoms with E-state index in [1.807, 2.05) is 24.3 Å². The smallest absolute Gasteiger partial charge is 0.304 e. The Bertz CT molecular complexity index is 580. The fraction of sp³-hybridized carbons (Fsp3) is 0.471. The number of halogens is 1. The van der Waals surface area contributed by atoms with E-state index in [4.69, 9.17) is 9.05 Å². The van der Waals surface area contributed by atoms with Gasteiger partial charge in [0.05, 0.1) is 13.2 Å². The fourth-order valence-corrected chi connectivity index (χ4v) is 3.91. The molecular formula is C17H25BrNO3P. The zero-order valence-corrected chi connectivity index (χ0v) is 16.7. The zero-order valence-electron chi connectivity index (χ0n) is 14.2. The largest absolute Gasteiger partial charge is 0.380 e. The normalized spacial score (nSPS) is 12.3. The molecule has 0 aromatic heterocycles. The van der Waals surface area contributed by atoms with Gasteiger partial charge in [0.15, 0.2) is 5.45 Å². The second-order valence-corrected chi connectivity index (χ2v) is 7.64. The number of allylic oxidation sites excluding steroid dienone is 1. The van der Waals surface area contributed by atoms with E-state index in [-0.39, 0.29) is 0 Å². The number of hydrogen-bond acceptors (Lipinski definition) is 4. The molecule has 0 amide bonds. The molecule has 0 N–H and O–H groups in total. The lowest BCUT2D eigenvalue weighted by atomic mass is 10.2. The summed E-state index contributed by atoms with van der Waals surface area (Å²) < 4.78 is 25.1. The van der Waals surface area contributed by atoms with E-state index in [1.165, 1.54) is 5.57 Å². The van der Waals surface area contributed by atoms with Gasteiger partial charge < -0.3 is 9.05 Å². The highest BCUT2D eigenvalue weighted by molar-refractivity contribution is 9.10. The van der Waals surface area contributed by atoms with Gasteiger partial charge in [0.25, 0.3) is 0 Å². The lowest BCUT2D eigenvalue weighted by Crippen LogP contribution is -2.09. The molecule has 1 rings (SSSR count). The van der Waals surface area contributed by atoms with Crippen LogP contribution < -0.4 is 0 Å². The number of aliphatic imine (C=N–C) groups is 1. The predicted molar refractivity (Wildman–Crippen MR) is 100 cm³/mol. The maximum absolute atomic E-state index is 13.2. The minimum absolute atomic E-state index is 0.297. The third kappa shape index (κ3) is 6.00. The molecule has 0 atom stereocenters. The molecule has 6 heteroatoms. The van der Waals surface area contributed by atoms with Gasteiger partial charge in [-0.1, -0.05) is 47.5 Å². The van der Waals surface area contributed by atoms with E-state index in [0.717, 1.165) is 22.9 Å². The van der Waals surface area contributed by atoms with Crippen molar-refractivity contribution in [2.24, 2.45) is 4.99 Å². The van der Waals surface area contributed by atoms with Crippen molar-refractivity contribution in [2.75, 3.05) is 13.2 Å². The van der Waals surface area contributed by atoms with Crippen LogP contribution >= 0.6 is 23.5 Å². The summed E-state index contributed by atoms with van der Waals surface area (Å²) in [5.74, 6) is 0. The molecule has 0 saturated heterocycles. The van der Waals surface area contributed by atoms with E-state index in [0.29, 0.717) is 18.7 Å². The van der Waals surface area contributed by atoms with E-state index >= 15 is 0 Å². The van der Waals surface area contributed by atoms with Crippen LogP contribution in [0.2, 0.25) is 0 Å². The van der Waals surface area contributed by atoms with Gasteiger partial charge in [-0.15, -0.1) is 0 Å². The third-order valence-electron chi connectivity index (χ3n) is 3.24. The zero-order chi connectivity index (χ0) is 17.3. The minimum Gasteiger partial charge on any atom is -0.304 e. The van der Waals surface area contributed by atoms with Crippen molar-refractivity contribution in [1.82, 2.24) is 0 Å². The summed E-state index contributed by atoms with van der Waals surface area (Å²) in [6.45, 7) is 8.34. The summed E-state index contributed by atoms with van der Waals surface area (Å²) in [6.07, 6.45) is 3.59. The second-order valence-electron chi connectivity index (χ2n) is 4.79. The first-order chi connectivity index (χ1) is 11.0. The molecule has 0 aliphatic rings. The van der Waals surface area contributed by atoms with Crippen molar-refractivity contribution in [2.45, 2.75) is 40.5 Å². The van der Waals surface area contributed by atoms with Gasteiger partial charge in [-0.05, 0) is 38.8 Å². The summed E-state index contributed by atoms with van der Waals surface area (Å²) in [4.78, 5) is 4.50. The van der Waals surface area contributed by atoms with Gasteiger partial charge in [-0.25, -0.2) is 4.99 Å². The predicted octanol–water partition coefficient (Wildman–Crippen LogP) is 6.17. The second kappa shape index (κ2) is 10.2. The summed E-state index contributed by atoms with van der Waals surface area (Å²) in [5.41, 5.74) is 2.27. The van der Waals surface area contributed by atoms with E-state index in [1.54, 1.807) is 20.0 Å². The maximum Gasteiger partial charge on any atom is 0.380 e. The monoisotopic (exact) mass is 401 g/mol. The van der Waals surface area contributed by atoms with Crippen LogP contribution in [-0.2, 0) is 13.6 Å². The van der Waals surface area contributed by atoms with E-state index in [9.17, 15) is 4.57 Å². The van der Waals surface area contributed by atoms with Crippen molar-refractivity contribution in [3.05, 3.63) is 46.1 Å². The lowest BCUT2D eigenvalue weighted by Gasteiger charge is -2.19. The highest BCUT2D eigenvalue weighted by Crippen LogP contribution is 2.52.